The Balaban J connectivity index is 0.00000325. The summed E-state index contributed by atoms with van der Waals surface area (Å²) >= 11 is -3.17. The summed E-state index contributed by atoms with van der Waals surface area (Å²) in [6.45, 7) is 0. The Morgan fingerprint density at radius 3 is 1.24 bits per heavy atom. The van der Waals surface area contributed by atoms with Gasteiger partial charge in [-0.1, -0.05) is 0 Å². The standard InChI is InChI=1S/2C15H11.2C6H5.ClH.GeH2.Hf/c2*1-2-7-12(6-1)15-11-5-9-13-8-3-4-10-14(13)15;2*1-2-4-6-5-3-1;;;/h2*3-11H,1H2;2*1-5H;1H;1H2;. The van der Waals surface area contributed by atoms with E-state index in [4.69, 9.17) is 0 Å². The van der Waals surface area contributed by atoms with Gasteiger partial charge >= 0.3 is 267 Å². The first-order valence-corrected chi connectivity index (χ1v) is 37.4. The molecule has 8 rings (SSSR count). The van der Waals surface area contributed by atoms with Crippen LogP contribution in [0.3, 0.4) is 0 Å². The Morgan fingerprint density at radius 2 is 0.800 bits per heavy atom. The number of fused-ring (bicyclic) bond motifs is 2. The Bertz CT molecular complexity index is 2100. The van der Waals surface area contributed by atoms with E-state index in [2.05, 4.69) is 170 Å². The number of hydrogen-bond acceptors (Lipinski definition) is 0. The maximum atomic E-state index is 2.62. The molecule has 0 bridgehead atoms. The predicted molar refractivity (Wildman–Crippen MR) is 197 cm³/mol. The minimum absolute atomic E-state index is 0. The number of allylic oxidation sites excluding steroid dienone is 8. The fraction of sp³-hybridized carbons (Fsp3) is 0.0476. The zero-order valence-electron chi connectivity index (χ0n) is 25.2. The Morgan fingerprint density at radius 1 is 0.422 bits per heavy atom. The summed E-state index contributed by atoms with van der Waals surface area (Å²) in [5.41, 5.74) is 5.45. The molecular weight excluding hydrogens is 791 g/mol. The average molecular weight is 826 g/mol. The minimum atomic E-state index is -4.43. The van der Waals surface area contributed by atoms with Crippen molar-refractivity contribution in [2.45, 2.75) is 12.8 Å². The average Bonchev–Trinajstić information content (AvgIpc) is 3.81. The van der Waals surface area contributed by atoms with E-state index in [0.717, 1.165) is 12.8 Å². The second-order valence-electron chi connectivity index (χ2n) is 12.3. The molecule has 0 saturated carbocycles. The molecule has 2 aliphatic carbocycles. The van der Waals surface area contributed by atoms with Crippen LogP contribution in [0.2, 0.25) is 0 Å². The third kappa shape index (κ3) is 4.74. The zero-order chi connectivity index (χ0) is 29.6. The van der Waals surface area contributed by atoms with Crippen LogP contribution in [-0.2, 0) is 15.4 Å². The van der Waals surface area contributed by atoms with Crippen LogP contribution in [0.1, 0.15) is 24.0 Å². The molecule has 3 heteroatoms. The van der Waals surface area contributed by atoms with Crippen LogP contribution in [0.25, 0.3) is 32.7 Å². The molecule has 0 fully saturated rings. The van der Waals surface area contributed by atoms with Crippen molar-refractivity contribution >= 4 is 64.0 Å². The van der Waals surface area contributed by atoms with Crippen LogP contribution in [0.5, 0.6) is 0 Å². The summed E-state index contributed by atoms with van der Waals surface area (Å²) in [6.07, 6.45) is 12.3. The van der Waals surface area contributed by atoms with Crippen molar-refractivity contribution in [2.24, 2.45) is 0 Å². The van der Waals surface area contributed by atoms with Gasteiger partial charge in [0, 0.05) is 0 Å². The van der Waals surface area contributed by atoms with Gasteiger partial charge in [0.2, 0.25) is 0 Å². The fourth-order valence-electron chi connectivity index (χ4n) is 7.88. The summed E-state index contributed by atoms with van der Waals surface area (Å²) in [5.74, 6) is 0. The molecule has 0 heterocycles. The summed E-state index contributed by atoms with van der Waals surface area (Å²) in [4.78, 5) is 0. The molecule has 2 aliphatic rings. The maximum absolute atomic E-state index is 4.43. The van der Waals surface area contributed by atoms with Crippen LogP contribution in [0.15, 0.2) is 177 Å². The molecule has 0 amide bonds. The second-order valence-corrected chi connectivity index (χ2v) is 55.8. The molecule has 0 N–H and O–H groups in total. The molecule has 0 spiro atoms. The summed E-state index contributed by atoms with van der Waals surface area (Å²) in [7, 11) is 0. The number of hydrogen-bond donors (Lipinski definition) is 0. The molecule has 0 atom stereocenters. The van der Waals surface area contributed by atoms with Gasteiger partial charge in [-0.15, -0.1) is 12.4 Å². The molecule has 0 unspecified atom stereocenters. The predicted octanol–water partition coefficient (Wildman–Crippen LogP) is 9.35. The molecule has 6 aromatic carbocycles. The Labute approximate surface area is 277 Å². The van der Waals surface area contributed by atoms with Crippen molar-refractivity contribution in [3.8, 4) is 0 Å². The molecule has 6 aromatic rings. The monoisotopic (exact) mass is 828 g/mol. The van der Waals surface area contributed by atoms with Crippen LogP contribution in [0.4, 0.5) is 0 Å². The van der Waals surface area contributed by atoms with E-state index in [1.807, 2.05) is 0 Å². The van der Waals surface area contributed by atoms with E-state index in [9.17, 15) is 0 Å². The van der Waals surface area contributed by atoms with E-state index in [1.54, 1.807) is 13.3 Å². The van der Waals surface area contributed by atoms with Crippen molar-refractivity contribution in [1.82, 2.24) is 0 Å². The van der Waals surface area contributed by atoms with Gasteiger partial charge in [0.05, 0.1) is 0 Å². The third-order valence-electron chi connectivity index (χ3n) is 10.2. The topological polar surface area (TPSA) is 0 Å². The molecule has 0 nitrogen and oxygen atoms in total. The first-order chi connectivity index (χ1) is 21.6. The van der Waals surface area contributed by atoms with Crippen LogP contribution in [-0.4, -0.2) is 12.2 Å². The molecule has 0 saturated heterocycles. The van der Waals surface area contributed by atoms with Gasteiger partial charge in [-0.2, -0.15) is 0 Å². The molecular formula is C42H35ClGeHf. The fourth-order valence-corrected chi connectivity index (χ4v) is 46.5. The van der Waals surface area contributed by atoms with Crippen molar-refractivity contribution in [3.05, 3.63) is 188 Å². The third-order valence-corrected chi connectivity index (χ3v) is 64.0. The summed E-state index contributed by atoms with van der Waals surface area (Å²) < 4.78 is 6.52. The summed E-state index contributed by atoms with van der Waals surface area (Å²) in [6, 6.07) is 54.4. The van der Waals surface area contributed by atoms with Crippen molar-refractivity contribution < 1.29 is 15.4 Å². The normalized spacial score (nSPS) is 14.9. The number of benzene rings is 6. The number of halogens is 1. The SMILES string of the molecule is Cl.[GeH2]=[Hf]([C]1=CC(c2cccc3ccccc23)=CC1)([C]1=CC(c2cccc3ccccc23)=CC1)([c]1ccccc1)[c]1ccccc1. The van der Waals surface area contributed by atoms with E-state index in [1.165, 1.54) is 56.0 Å². The van der Waals surface area contributed by atoms with Crippen LogP contribution >= 0.6 is 12.4 Å². The van der Waals surface area contributed by atoms with Gasteiger partial charge < -0.3 is 0 Å². The van der Waals surface area contributed by atoms with Gasteiger partial charge in [-0.05, 0) is 0 Å². The second kappa shape index (κ2) is 12.0. The molecule has 0 aromatic heterocycles. The van der Waals surface area contributed by atoms with Gasteiger partial charge in [0.25, 0.3) is 0 Å². The number of rotatable bonds is 6. The van der Waals surface area contributed by atoms with Crippen molar-refractivity contribution in [1.29, 1.82) is 0 Å². The summed E-state index contributed by atoms with van der Waals surface area (Å²) in [5, 5.41) is 5.27. The van der Waals surface area contributed by atoms with Crippen LogP contribution < -0.4 is 6.64 Å². The molecule has 45 heavy (non-hydrogen) atoms. The van der Waals surface area contributed by atoms with E-state index < -0.39 is 15.4 Å². The van der Waals surface area contributed by atoms with E-state index in [-0.39, 0.29) is 12.4 Å². The van der Waals surface area contributed by atoms with E-state index >= 15 is 0 Å². The van der Waals surface area contributed by atoms with Crippen molar-refractivity contribution in [3.63, 3.8) is 0 Å². The van der Waals surface area contributed by atoms with Gasteiger partial charge in [-0.3, -0.25) is 0 Å². The van der Waals surface area contributed by atoms with Gasteiger partial charge in [0.1, 0.15) is 0 Å². The first kappa shape index (κ1) is 30.2. The zero-order valence-corrected chi connectivity index (χ0v) is 32.6. The molecule has 0 aliphatic heterocycles. The Hall–Kier alpha value is -3.50. The van der Waals surface area contributed by atoms with Crippen molar-refractivity contribution in [2.75, 3.05) is 0 Å². The van der Waals surface area contributed by atoms with E-state index in [0.29, 0.717) is 0 Å². The molecule has 0 radical (unpaired) electrons. The first-order valence-electron chi connectivity index (χ1n) is 15.6. The Kier molecular flexibility index (Phi) is 8.06. The van der Waals surface area contributed by atoms with Crippen LogP contribution in [0, 0.1) is 0 Å². The van der Waals surface area contributed by atoms with Gasteiger partial charge in [0.15, 0.2) is 0 Å². The quantitative estimate of drug-likeness (QED) is 0.147. The molecule has 218 valence electrons. The van der Waals surface area contributed by atoms with Gasteiger partial charge in [-0.25, -0.2) is 0 Å².